The fourth-order valence-electron chi connectivity index (χ4n) is 3.74. The van der Waals surface area contributed by atoms with Gasteiger partial charge in [-0.25, -0.2) is 4.79 Å². The van der Waals surface area contributed by atoms with Crippen molar-refractivity contribution in [3.63, 3.8) is 0 Å². The van der Waals surface area contributed by atoms with Gasteiger partial charge in [-0.1, -0.05) is 13.5 Å². The maximum absolute atomic E-state index is 12.0. The van der Waals surface area contributed by atoms with E-state index in [4.69, 9.17) is 8.92 Å². The molecule has 3 rings (SSSR count). The highest BCUT2D eigenvalue weighted by Gasteiger charge is 2.72. The number of hydrogen-bond donors (Lipinski definition) is 0. The number of hydrogen-bond acceptors (Lipinski definition) is 5. The smallest absolute Gasteiger partial charge is 0.333 e. The fourth-order valence-corrected chi connectivity index (χ4v) is 6.00. The Balaban J connectivity index is 1.95. The summed E-state index contributed by atoms with van der Waals surface area (Å²) in [5, 5.41) is -0.711. The second-order valence-electron chi connectivity index (χ2n) is 5.85. The zero-order valence-corrected chi connectivity index (χ0v) is 11.2. The molecule has 0 aromatic rings. The molecule has 2 saturated carbocycles. The quantitative estimate of drug-likeness (QED) is 0.426. The Morgan fingerprint density at radius 2 is 2.17 bits per heavy atom. The van der Waals surface area contributed by atoms with Gasteiger partial charge in [-0.05, 0) is 19.8 Å². The third-order valence-electron chi connectivity index (χ3n) is 4.52. The van der Waals surface area contributed by atoms with E-state index in [1.807, 2.05) is 6.92 Å². The molecule has 0 amide bonds. The summed E-state index contributed by atoms with van der Waals surface area (Å²) in [6.07, 6.45) is 0.580. The average Bonchev–Trinajstić information content (AvgIpc) is 2.69. The second kappa shape index (κ2) is 3.36. The molecular weight excluding hydrogens is 256 g/mol. The van der Waals surface area contributed by atoms with Gasteiger partial charge in [-0.15, -0.1) is 0 Å². The second-order valence-corrected chi connectivity index (χ2v) is 7.54. The minimum atomic E-state index is -3.62. The van der Waals surface area contributed by atoms with Crippen molar-refractivity contribution in [2.75, 3.05) is 0 Å². The van der Waals surface area contributed by atoms with Crippen LogP contribution in [0.4, 0.5) is 0 Å². The van der Waals surface area contributed by atoms with E-state index >= 15 is 0 Å². The maximum Gasteiger partial charge on any atom is 0.333 e. The lowest BCUT2D eigenvalue weighted by molar-refractivity contribution is -0.146. The van der Waals surface area contributed by atoms with Gasteiger partial charge in [0.05, 0.1) is 6.10 Å². The van der Waals surface area contributed by atoms with Crippen LogP contribution in [0.15, 0.2) is 12.2 Å². The molecule has 5 atom stereocenters. The highest BCUT2D eigenvalue weighted by Crippen LogP contribution is 2.63. The standard InChI is InChI=1S/C12H16O5S/c1-6(2)11(13)16-9-7-4-8-12(3,5-7)10(9)18(14,15)17-8/h7-10H,1,4-5H2,2-3H3. The molecule has 3 fully saturated rings. The van der Waals surface area contributed by atoms with Crippen molar-refractivity contribution in [2.24, 2.45) is 11.3 Å². The molecule has 0 spiro atoms. The van der Waals surface area contributed by atoms with Gasteiger partial charge in [0, 0.05) is 16.9 Å². The van der Waals surface area contributed by atoms with Gasteiger partial charge in [0.2, 0.25) is 0 Å². The van der Waals surface area contributed by atoms with Gasteiger partial charge in [0.15, 0.2) is 0 Å². The van der Waals surface area contributed by atoms with Crippen molar-refractivity contribution in [3.05, 3.63) is 12.2 Å². The van der Waals surface area contributed by atoms with E-state index in [1.54, 1.807) is 6.92 Å². The van der Waals surface area contributed by atoms with Crippen molar-refractivity contribution < 1.29 is 22.1 Å². The van der Waals surface area contributed by atoms with E-state index in [9.17, 15) is 13.2 Å². The van der Waals surface area contributed by atoms with Crippen LogP contribution in [0.5, 0.6) is 0 Å². The van der Waals surface area contributed by atoms with Gasteiger partial charge >= 0.3 is 5.97 Å². The van der Waals surface area contributed by atoms with E-state index in [2.05, 4.69) is 6.58 Å². The first-order valence-corrected chi connectivity index (χ1v) is 7.51. The van der Waals surface area contributed by atoms with Crippen LogP contribution in [0.1, 0.15) is 26.7 Å². The van der Waals surface area contributed by atoms with Crippen molar-refractivity contribution in [3.8, 4) is 0 Å². The van der Waals surface area contributed by atoms with Gasteiger partial charge in [0.1, 0.15) is 11.4 Å². The SMILES string of the molecule is C=C(C)C(=O)OC1C2CC3OS(=O)(=O)C1C3(C)C2. The lowest BCUT2D eigenvalue weighted by Crippen LogP contribution is -2.44. The Morgan fingerprint density at radius 1 is 1.50 bits per heavy atom. The molecule has 18 heavy (non-hydrogen) atoms. The number of rotatable bonds is 2. The summed E-state index contributed by atoms with van der Waals surface area (Å²) in [5.74, 6) is -0.430. The molecule has 2 aliphatic carbocycles. The van der Waals surface area contributed by atoms with E-state index in [0.717, 1.165) is 6.42 Å². The van der Waals surface area contributed by atoms with Crippen LogP contribution in [-0.2, 0) is 23.8 Å². The summed E-state index contributed by atoms with van der Waals surface area (Å²) in [6, 6.07) is 0. The zero-order chi connectivity index (χ0) is 13.3. The van der Waals surface area contributed by atoms with E-state index in [-0.39, 0.29) is 17.6 Å². The molecule has 2 bridgehead atoms. The number of fused-ring (bicyclic) bond motifs is 1. The molecule has 5 nitrogen and oxygen atoms in total. The molecule has 3 aliphatic rings. The summed E-state index contributed by atoms with van der Waals surface area (Å²) in [6.45, 7) is 6.99. The number of carbonyl (C=O) groups is 1. The Hall–Kier alpha value is -0.880. The molecule has 0 aromatic carbocycles. The predicted octanol–water partition coefficient (Wildman–Crippen LogP) is 1.00. The Bertz CT molecular complexity index is 537. The minimum absolute atomic E-state index is 0.0885. The number of ether oxygens (including phenoxy) is 1. The van der Waals surface area contributed by atoms with E-state index in [1.165, 1.54) is 0 Å². The molecular formula is C12H16O5S. The minimum Gasteiger partial charge on any atom is -0.457 e. The monoisotopic (exact) mass is 272 g/mol. The maximum atomic E-state index is 12.0. The normalized spacial score (nSPS) is 47.2. The Kier molecular flexibility index (Phi) is 2.27. The average molecular weight is 272 g/mol. The first kappa shape index (κ1) is 12.2. The van der Waals surface area contributed by atoms with Crippen LogP contribution >= 0.6 is 0 Å². The summed E-state index contributed by atoms with van der Waals surface area (Å²) >= 11 is 0. The molecule has 0 radical (unpaired) electrons. The third-order valence-corrected chi connectivity index (χ3v) is 6.45. The lowest BCUT2D eigenvalue weighted by Gasteiger charge is -2.29. The zero-order valence-electron chi connectivity index (χ0n) is 10.4. The van der Waals surface area contributed by atoms with Crippen molar-refractivity contribution in [1.82, 2.24) is 0 Å². The molecule has 0 N–H and O–H groups in total. The van der Waals surface area contributed by atoms with Crippen molar-refractivity contribution in [2.45, 2.75) is 44.1 Å². The summed E-state index contributed by atoms with van der Waals surface area (Å²) in [7, 11) is -3.62. The fraction of sp³-hybridized carbons (Fsp3) is 0.750. The van der Waals surface area contributed by atoms with Crippen LogP contribution in [0.2, 0.25) is 0 Å². The first-order valence-electron chi connectivity index (χ1n) is 6.04. The van der Waals surface area contributed by atoms with E-state index in [0.29, 0.717) is 6.42 Å². The van der Waals surface area contributed by atoms with Crippen LogP contribution in [0.25, 0.3) is 0 Å². The van der Waals surface area contributed by atoms with E-state index < -0.39 is 32.9 Å². The molecule has 1 aliphatic heterocycles. The Labute approximate surface area is 106 Å². The predicted molar refractivity (Wildman–Crippen MR) is 63.1 cm³/mol. The van der Waals surface area contributed by atoms with Gasteiger partial charge < -0.3 is 4.74 Å². The largest absolute Gasteiger partial charge is 0.457 e. The molecule has 0 aromatic heterocycles. The van der Waals surface area contributed by atoms with Gasteiger partial charge in [0.25, 0.3) is 10.1 Å². The van der Waals surface area contributed by atoms with Gasteiger partial charge in [-0.3, -0.25) is 4.18 Å². The molecule has 1 saturated heterocycles. The summed E-state index contributed by atoms with van der Waals surface area (Å²) < 4.78 is 34.5. The molecule has 1 heterocycles. The molecule has 6 heteroatoms. The van der Waals surface area contributed by atoms with Gasteiger partial charge in [-0.2, -0.15) is 8.42 Å². The van der Waals surface area contributed by atoms with Crippen LogP contribution in [-0.4, -0.2) is 31.8 Å². The highest BCUT2D eigenvalue weighted by atomic mass is 32.2. The van der Waals surface area contributed by atoms with Crippen LogP contribution in [0.3, 0.4) is 0 Å². The van der Waals surface area contributed by atoms with Crippen molar-refractivity contribution in [1.29, 1.82) is 0 Å². The highest BCUT2D eigenvalue weighted by molar-refractivity contribution is 7.87. The third kappa shape index (κ3) is 1.36. The summed E-state index contributed by atoms with van der Waals surface area (Å²) in [5.41, 5.74) is -0.112. The summed E-state index contributed by atoms with van der Waals surface area (Å²) in [4.78, 5) is 11.6. The van der Waals surface area contributed by atoms with Crippen LogP contribution < -0.4 is 0 Å². The lowest BCUT2D eigenvalue weighted by atomic mass is 9.82. The topological polar surface area (TPSA) is 69.7 Å². The molecule has 100 valence electrons. The number of esters is 1. The molecule has 5 unspecified atom stereocenters. The van der Waals surface area contributed by atoms with Crippen molar-refractivity contribution >= 4 is 16.1 Å². The first-order chi connectivity index (χ1) is 8.25. The Morgan fingerprint density at radius 3 is 2.78 bits per heavy atom. The number of carbonyl (C=O) groups excluding carboxylic acids is 1. The van der Waals surface area contributed by atoms with Crippen LogP contribution in [0, 0.1) is 11.3 Å².